The van der Waals surface area contributed by atoms with E-state index in [1.165, 1.54) is 11.4 Å². The molecule has 0 aliphatic carbocycles. The first-order valence-electron chi connectivity index (χ1n) is 7.31. The monoisotopic (exact) mass is 314 g/mol. The Morgan fingerprint density at radius 2 is 1.95 bits per heavy atom. The van der Waals surface area contributed by atoms with Crippen molar-refractivity contribution in [3.8, 4) is 5.75 Å². The van der Waals surface area contributed by atoms with Crippen LogP contribution >= 0.6 is 0 Å². The molecule has 0 saturated heterocycles. The van der Waals surface area contributed by atoms with Gasteiger partial charge in [0.25, 0.3) is 0 Å². The molecule has 1 aromatic carbocycles. The van der Waals surface area contributed by atoms with Gasteiger partial charge in [0.05, 0.1) is 7.11 Å². The van der Waals surface area contributed by atoms with Crippen molar-refractivity contribution < 1.29 is 13.2 Å². The highest BCUT2D eigenvalue weighted by atomic mass is 32.2. The van der Waals surface area contributed by atoms with E-state index in [0.717, 1.165) is 24.9 Å². The molecule has 0 aliphatic heterocycles. The first-order valence-corrected chi connectivity index (χ1v) is 8.75. The normalized spacial score (nSPS) is 11.9. The molecule has 0 aliphatic rings. The summed E-state index contributed by atoms with van der Waals surface area (Å²) in [5.41, 5.74) is 1.01. The lowest BCUT2D eigenvalue weighted by Gasteiger charge is -2.18. The van der Waals surface area contributed by atoms with Crippen molar-refractivity contribution in [3.63, 3.8) is 0 Å². The van der Waals surface area contributed by atoms with E-state index >= 15 is 0 Å². The maximum Gasteiger partial charge on any atom is 0.246 e. The molecule has 0 unspecified atom stereocenters. The van der Waals surface area contributed by atoms with Crippen LogP contribution < -0.4 is 10.1 Å². The van der Waals surface area contributed by atoms with Crippen LogP contribution in [0.5, 0.6) is 5.75 Å². The molecule has 0 spiro atoms. The summed E-state index contributed by atoms with van der Waals surface area (Å²) in [6, 6.07) is 5.25. The Bertz CT molecular complexity index is 544. The lowest BCUT2D eigenvalue weighted by atomic mass is 10.2. The summed E-state index contributed by atoms with van der Waals surface area (Å²) in [6.45, 7) is 6.18. The van der Waals surface area contributed by atoms with Gasteiger partial charge >= 0.3 is 0 Å². The Balaban J connectivity index is 3.03. The number of nitrogens with zero attached hydrogens (tertiary/aromatic N) is 1. The molecule has 1 N–H and O–H groups in total. The second-order valence-electron chi connectivity index (χ2n) is 4.99. The van der Waals surface area contributed by atoms with Gasteiger partial charge in [0.1, 0.15) is 10.6 Å². The van der Waals surface area contributed by atoms with E-state index in [9.17, 15) is 8.42 Å². The van der Waals surface area contributed by atoms with Gasteiger partial charge in [-0.3, -0.25) is 0 Å². The topological polar surface area (TPSA) is 58.6 Å². The van der Waals surface area contributed by atoms with E-state index in [-0.39, 0.29) is 4.90 Å². The Morgan fingerprint density at radius 3 is 2.52 bits per heavy atom. The molecule has 21 heavy (non-hydrogen) atoms. The number of sulfonamides is 1. The zero-order valence-electron chi connectivity index (χ0n) is 13.3. The van der Waals surface area contributed by atoms with Crippen LogP contribution in [0.2, 0.25) is 0 Å². The van der Waals surface area contributed by atoms with Gasteiger partial charge in [-0.1, -0.05) is 19.9 Å². The first-order chi connectivity index (χ1) is 9.97. The molecule has 0 fully saturated rings. The lowest BCUT2D eigenvalue weighted by molar-refractivity contribution is 0.397. The van der Waals surface area contributed by atoms with Crippen molar-refractivity contribution in [1.82, 2.24) is 9.62 Å². The fourth-order valence-corrected chi connectivity index (χ4v) is 3.44. The van der Waals surface area contributed by atoms with Crippen LogP contribution in [0, 0.1) is 0 Å². The molecule has 0 saturated carbocycles. The smallest absolute Gasteiger partial charge is 0.246 e. The molecular weight excluding hydrogens is 288 g/mol. The number of methoxy groups -OCH3 is 1. The zero-order valence-corrected chi connectivity index (χ0v) is 14.2. The molecule has 0 aromatic heterocycles. The van der Waals surface area contributed by atoms with Crippen molar-refractivity contribution in [1.29, 1.82) is 0 Å². The summed E-state index contributed by atoms with van der Waals surface area (Å²) >= 11 is 0. The predicted octanol–water partition coefficient (Wildman–Crippen LogP) is 2.23. The molecule has 0 amide bonds. The van der Waals surface area contributed by atoms with E-state index in [1.807, 2.05) is 13.0 Å². The van der Waals surface area contributed by atoms with Gasteiger partial charge in [0, 0.05) is 20.1 Å². The molecule has 120 valence electrons. The van der Waals surface area contributed by atoms with Crippen LogP contribution in [-0.4, -0.2) is 40.0 Å². The third-order valence-electron chi connectivity index (χ3n) is 3.21. The number of ether oxygens (including phenoxy) is 1. The number of rotatable bonds is 9. The third kappa shape index (κ3) is 4.69. The maximum atomic E-state index is 12.5. The van der Waals surface area contributed by atoms with Crippen molar-refractivity contribution in [2.75, 3.05) is 27.2 Å². The molecule has 6 heteroatoms. The Labute approximate surface area is 128 Å². The quantitative estimate of drug-likeness (QED) is 0.710. The maximum absolute atomic E-state index is 12.5. The molecular formula is C15H26N2O3S. The van der Waals surface area contributed by atoms with Crippen LogP contribution in [0.1, 0.15) is 32.3 Å². The Hall–Kier alpha value is -1.11. The van der Waals surface area contributed by atoms with Crippen molar-refractivity contribution in [2.24, 2.45) is 0 Å². The standard InChI is InChI=1S/C15H26N2O3S/c1-5-9-16-12-13-7-8-15(14(11-13)20-4)21(18,19)17(3)10-6-2/h7-8,11,16H,5-6,9-10,12H2,1-4H3. The first kappa shape index (κ1) is 17.9. The highest BCUT2D eigenvalue weighted by Crippen LogP contribution is 2.27. The highest BCUT2D eigenvalue weighted by molar-refractivity contribution is 7.89. The molecule has 5 nitrogen and oxygen atoms in total. The number of nitrogens with one attached hydrogen (secondary N) is 1. The summed E-state index contributed by atoms with van der Waals surface area (Å²) in [5.74, 6) is 0.397. The molecule has 0 radical (unpaired) electrons. The molecule has 1 rings (SSSR count). The van der Waals surface area contributed by atoms with Crippen LogP contribution in [0.4, 0.5) is 0 Å². The molecule has 0 atom stereocenters. The van der Waals surface area contributed by atoms with Crippen LogP contribution in [-0.2, 0) is 16.6 Å². The van der Waals surface area contributed by atoms with Gasteiger partial charge in [0.15, 0.2) is 0 Å². The second-order valence-corrected chi connectivity index (χ2v) is 7.00. The largest absolute Gasteiger partial charge is 0.495 e. The second kappa shape index (κ2) is 8.36. The molecule has 0 bridgehead atoms. The van der Waals surface area contributed by atoms with Crippen molar-refractivity contribution >= 4 is 10.0 Å². The van der Waals surface area contributed by atoms with Gasteiger partial charge in [-0.05, 0) is 37.1 Å². The summed E-state index contributed by atoms with van der Waals surface area (Å²) in [7, 11) is -0.408. The van der Waals surface area contributed by atoms with E-state index in [1.54, 1.807) is 19.2 Å². The zero-order chi connectivity index (χ0) is 15.9. The number of hydrogen-bond donors (Lipinski definition) is 1. The fourth-order valence-electron chi connectivity index (χ4n) is 2.05. The molecule has 0 heterocycles. The summed E-state index contributed by atoms with van der Waals surface area (Å²) in [4.78, 5) is 0.222. The van der Waals surface area contributed by atoms with Crippen LogP contribution in [0.15, 0.2) is 23.1 Å². The average Bonchev–Trinajstić information content (AvgIpc) is 2.47. The van der Waals surface area contributed by atoms with Gasteiger partial charge < -0.3 is 10.1 Å². The average molecular weight is 314 g/mol. The van der Waals surface area contributed by atoms with E-state index < -0.39 is 10.0 Å². The highest BCUT2D eigenvalue weighted by Gasteiger charge is 2.24. The van der Waals surface area contributed by atoms with Gasteiger partial charge in [-0.25, -0.2) is 12.7 Å². The summed E-state index contributed by atoms with van der Waals surface area (Å²) in [6.07, 6.45) is 1.84. The fraction of sp³-hybridized carbons (Fsp3) is 0.600. The van der Waals surface area contributed by atoms with E-state index in [4.69, 9.17) is 4.74 Å². The Morgan fingerprint density at radius 1 is 1.24 bits per heavy atom. The van der Waals surface area contributed by atoms with Crippen molar-refractivity contribution in [3.05, 3.63) is 23.8 Å². The van der Waals surface area contributed by atoms with Gasteiger partial charge in [-0.2, -0.15) is 0 Å². The minimum Gasteiger partial charge on any atom is -0.495 e. The van der Waals surface area contributed by atoms with E-state index in [2.05, 4.69) is 12.2 Å². The lowest BCUT2D eigenvalue weighted by Crippen LogP contribution is -2.28. The Kier molecular flexibility index (Phi) is 7.14. The van der Waals surface area contributed by atoms with Crippen molar-refractivity contribution in [2.45, 2.75) is 38.1 Å². The van der Waals surface area contributed by atoms with Crippen LogP contribution in [0.25, 0.3) is 0 Å². The van der Waals surface area contributed by atoms with E-state index in [0.29, 0.717) is 18.8 Å². The van der Waals surface area contributed by atoms with Crippen LogP contribution in [0.3, 0.4) is 0 Å². The summed E-state index contributed by atoms with van der Waals surface area (Å²) in [5, 5.41) is 3.29. The number of benzene rings is 1. The minimum absolute atomic E-state index is 0.222. The third-order valence-corrected chi connectivity index (χ3v) is 5.11. The summed E-state index contributed by atoms with van der Waals surface area (Å²) < 4.78 is 31.6. The van der Waals surface area contributed by atoms with Gasteiger partial charge in [0.2, 0.25) is 10.0 Å². The molecule has 1 aromatic rings. The van der Waals surface area contributed by atoms with Gasteiger partial charge in [-0.15, -0.1) is 0 Å². The number of hydrogen-bond acceptors (Lipinski definition) is 4. The SMILES string of the molecule is CCCNCc1ccc(S(=O)(=O)N(C)CCC)c(OC)c1. The minimum atomic E-state index is -3.50. The predicted molar refractivity (Wildman–Crippen MR) is 85.1 cm³/mol.